The van der Waals surface area contributed by atoms with Crippen molar-refractivity contribution < 1.29 is 8.42 Å². The van der Waals surface area contributed by atoms with Crippen LogP contribution in [0.5, 0.6) is 0 Å². The topological polar surface area (TPSA) is 46.2 Å². The highest BCUT2D eigenvalue weighted by atomic mass is 127. The fraction of sp³-hybridized carbons (Fsp3) is 1.00. The van der Waals surface area contributed by atoms with Crippen molar-refractivity contribution >= 4 is 32.6 Å². The summed E-state index contributed by atoms with van der Waals surface area (Å²) in [6, 6.07) is 0. The van der Waals surface area contributed by atoms with Gasteiger partial charge in [-0.3, -0.25) is 0 Å². The molecule has 0 radical (unpaired) electrons. The number of halogens is 1. The summed E-state index contributed by atoms with van der Waals surface area (Å²) in [5, 5.41) is -0.324. The van der Waals surface area contributed by atoms with Gasteiger partial charge < -0.3 is 0 Å². The first-order valence-electron chi connectivity index (χ1n) is 3.05. The molecular formula is C5H12INO2S. The molecule has 0 aliphatic carbocycles. The minimum Gasteiger partial charge on any atom is -0.214 e. The average molecular weight is 277 g/mol. The van der Waals surface area contributed by atoms with Crippen LogP contribution >= 0.6 is 22.6 Å². The van der Waals surface area contributed by atoms with Crippen LogP contribution in [0.2, 0.25) is 0 Å². The highest BCUT2D eigenvalue weighted by Gasteiger charge is 2.13. The fourth-order valence-corrected chi connectivity index (χ4v) is 1.70. The summed E-state index contributed by atoms with van der Waals surface area (Å²) in [5.41, 5.74) is 0. The van der Waals surface area contributed by atoms with Crippen molar-refractivity contribution in [3.8, 4) is 0 Å². The first-order chi connectivity index (χ1) is 4.50. The Morgan fingerprint density at radius 3 is 2.30 bits per heavy atom. The maximum absolute atomic E-state index is 11.0. The number of hydrogen-bond acceptors (Lipinski definition) is 2. The summed E-state index contributed by atoms with van der Waals surface area (Å²) >= 11 is 2.12. The maximum atomic E-state index is 11.0. The van der Waals surface area contributed by atoms with Gasteiger partial charge in [0.1, 0.15) is 0 Å². The number of alkyl halides is 1. The summed E-state index contributed by atoms with van der Waals surface area (Å²) in [6.07, 6.45) is 0. The van der Waals surface area contributed by atoms with E-state index in [2.05, 4.69) is 27.3 Å². The van der Waals surface area contributed by atoms with Gasteiger partial charge in [-0.2, -0.15) is 0 Å². The van der Waals surface area contributed by atoms with E-state index in [-0.39, 0.29) is 5.25 Å². The van der Waals surface area contributed by atoms with Crippen LogP contribution < -0.4 is 4.72 Å². The molecule has 0 fully saturated rings. The second kappa shape index (κ2) is 4.50. The summed E-state index contributed by atoms with van der Waals surface area (Å²) in [7, 11) is -3.02. The molecule has 0 aromatic rings. The van der Waals surface area contributed by atoms with Crippen LogP contribution in [0.1, 0.15) is 13.8 Å². The largest absolute Gasteiger partial charge is 0.214 e. The minimum absolute atomic E-state index is 0.324. The van der Waals surface area contributed by atoms with Gasteiger partial charge in [-0.15, -0.1) is 0 Å². The van der Waals surface area contributed by atoms with Crippen LogP contribution in [0.3, 0.4) is 0 Å². The second-order valence-electron chi connectivity index (χ2n) is 2.18. The van der Waals surface area contributed by atoms with Crippen molar-refractivity contribution in [2.24, 2.45) is 0 Å². The van der Waals surface area contributed by atoms with E-state index in [0.717, 1.165) is 4.43 Å². The molecule has 0 heterocycles. The summed E-state index contributed by atoms with van der Waals surface area (Å²) in [6.45, 7) is 3.85. The van der Waals surface area contributed by atoms with Crippen molar-refractivity contribution in [3.05, 3.63) is 0 Å². The highest BCUT2D eigenvalue weighted by Crippen LogP contribution is 1.94. The van der Waals surface area contributed by atoms with Gasteiger partial charge in [0.15, 0.2) is 0 Å². The molecule has 0 saturated heterocycles. The lowest BCUT2D eigenvalue weighted by atomic mass is 10.6. The monoisotopic (exact) mass is 277 g/mol. The predicted molar refractivity (Wildman–Crippen MR) is 50.9 cm³/mol. The first kappa shape index (κ1) is 10.6. The molecule has 0 saturated carbocycles. The minimum atomic E-state index is -3.02. The van der Waals surface area contributed by atoms with Gasteiger partial charge in [-0.25, -0.2) is 13.1 Å². The number of sulfonamides is 1. The highest BCUT2D eigenvalue weighted by molar-refractivity contribution is 14.1. The van der Waals surface area contributed by atoms with Crippen LogP contribution in [0.4, 0.5) is 0 Å². The van der Waals surface area contributed by atoms with Gasteiger partial charge in [-0.05, 0) is 13.8 Å². The van der Waals surface area contributed by atoms with Gasteiger partial charge in [0, 0.05) is 11.0 Å². The summed E-state index contributed by atoms with van der Waals surface area (Å²) < 4.78 is 25.2. The normalized spacial score (nSPS) is 12.4. The molecule has 0 spiro atoms. The molecule has 5 heteroatoms. The molecule has 0 unspecified atom stereocenters. The molecule has 3 nitrogen and oxygen atoms in total. The lowest BCUT2D eigenvalue weighted by molar-refractivity contribution is 0.575. The van der Waals surface area contributed by atoms with E-state index in [9.17, 15) is 8.42 Å². The van der Waals surface area contributed by atoms with Gasteiger partial charge in [-0.1, -0.05) is 22.6 Å². The van der Waals surface area contributed by atoms with Crippen LogP contribution in [-0.4, -0.2) is 24.6 Å². The van der Waals surface area contributed by atoms with Crippen LogP contribution in [-0.2, 0) is 10.0 Å². The van der Waals surface area contributed by atoms with Crippen molar-refractivity contribution in [2.45, 2.75) is 19.1 Å². The third-order valence-electron chi connectivity index (χ3n) is 1.02. The Kier molecular flexibility index (Phi) is 4.79. The molecule has 0 bridgehead atoms. The van der Waals surface area contributed by atoms with Crippen LogP contribution in [0, 0.1) is 0 Å². The molecule has 0 rings (SSSR count). The third-order valence-corrected chi connectivity index (χ3v) is 3.41. The Morgan fingerprint density at radius 2 is 2.00 bits per heavy atom. The molecule has 0 aliphatic heterocycles. The average Bonchev–Trinajstić information content (AvgIpc) is 1.84. The van der Waals surface area contributed by atoms with Crippen LogP contribution in [0.15, 0.2) is 0 Å². The molecule has 10 heavy (non-hydrogen) atoms. The van der Waals surface area contributed by atoms with E-state index in [1.807, 2.05) is 0 Å². The summed E-state index contributed by atoms with van der Waals surface area (Å²) in [4.78, 5) is 0. The first-order valence-corrected chi connectivity index (χ1v) is 6.12. The number of nitrogens with one attached hydrogen (secondary N) is 1. The molecule has 0 amide bonds. The van der Waals surface area contributed by atoms with E-state index in [1.165, 1.54) is 0 Å². The number of hydrogen-bond donors (Lipinski definition) is 1. The fourth-order valence-electron chi connectivity index (χ4n) is 0.348. The predicted octanol–water partition coefficient (Wildman–Crippen LogP) is 0.749. The maximum Gasteiger partial charge on any atom is 0.213 e. The smallest absolute Gasteiger partial charge is 0.213 e. The molecule has 0 aliphatic rings. The van der Waals surface area contributed by atoms with Gasteiger partial charge >= 0.3 is 0 Å². The molecule has 0 aromatic carbocycles. The van der Waals surface area contributed by atoms with Crippen LogP contribution in [0.25, 0.3) is 0 Å². The Bertz CT molecular complexity index is 176. The molecular weight excluding hydrogens is 265 g/mol. The van der Waals surface area contributed by atoms with E-state index >= 15 is 0 Å². The molecule has 62 valence electrons. The zero-order chi connectivity index (χ0) is 8.20. The quantitative estimate of drug-likeness (QED) is 0.609. The van der Waals surface area contributed by atoms with Crippen molar-refractivity contribution in [2.75, 3.05) is 11.0 Å². The Labute approximate surface area is 75.8 Å². The molecule has 1 N–H and O–H groups in total. The summed E-state index contributed by atoms with van der Waals surface area (Å²) in [5.74, 6) is 0. The number of rotatable bonds is 4. The van der Waals surface area contributed by atoms with E-state index < -0.39 is 10.0 Å². The van der Waals surface area contributed by atoms with E-state index in [4.69, 9.17) is 0 Å². The molecule has 0 atom stereocenters. The third kappa shape index (κ3) is 3.72. The second-order valence-corrected chi connectivity index (χ2v) is 5.58. The zero-order valence-corrected chi connectivity index (χ0v) is 9.07. The standard InChI is InChI=1S/C5H12INO2S/c1-5(2)10(8,9)7-4-3-6/h5,7H,3-4H2,1-2H3. The van der Waals surface area contributed by atoms with Crippen molar-refractivity contribution in [1.29, 1.82) is 0 Å². The van der Waals surface area contributed by atoms with Gasteiger partial charge in [0.2, 0.25) is 10.0 Å². The van der Waals surface area contributed by atoms with Gasteiger partial charge in [0.25, 0.3) is 0 Å². The lowest BCUT2D eigenvalue weighted by Crippen LogP contribution is -2.31. The Hall–Kier alpha value is 0.640. The van der Waals surface area contributed by atoms with Gasteiger partial charge in [0.05, 0.1) is 5.25 Å². The van der Waals surface area contributed by atoms with Crippen molar-refractivity contribution in [3.63, 3.8) is 0 Å². The van der Waals surface area contributed by atoms with E-state index in [1.54, 1.807) is 13.8 Å². The van der Waals surface area contributed by atoms with Crippen molar-refractivity contribution in [1.82, 2.24) is 4.72 Å². The Balaban J connectivity index is 3.90. The Morgan fingerprint density at radius 1 is 1.50 bits per heavy atom. The zero-order valence-electron chi connectivity index (χ0n) is 6.09. The molecule has 0 aromatic heterocycles. The SMILES string of the molecule is CC(C)S(=O)(=O)NCCI. The lowest BCUT2D eigenvalue weighted by Gasteiger charge is -2.06. The van der Waals surface area contributed by atoms with E-state index in [0.29, 0.717) is 6.54 Å².